The molecule has 2 heterocycles. The normalized spacial score (nSPS) is 11.1. The fraction of sp³-hybridized carbons (Fsp3) is 0.214. The second kappa shape index (κ2) is 4.59. The largest absolute Gasteiger partial charge is 0.496 e. The van der Waals surface area contributed by atoms with Gasteiger partial charge >= 0.3 is 0 Å². The first kappa shape index (κ1) is 12.0. The van der Waals surface area contributed by atoms with Crippen LogP contribution in [0.3, 0.4) is 0 Å². The van der Waals surface area contributed by atoms with Crippen LogP contribution in [0.5, 0.6) is 5.75 Å². The molecule has 1 aromatic carbocycles. The molecule has 0 unspecified atom stereocenters. The number of aromatic nitrogens is 2. The lowest BCUT2D eigenvalue weighted by molar-refractivity contribution is 0.410. The fourth-order valence-electron chi connectivity index (χ4n) is 2.26. The summed E-state index contributed by atoms with van der Waals surface area (Å²) in [4.78, 5) is 5.20. The Labute approximate surface area is 115 Å². The number of thiazole rings is 1. The minimum Gasteiger partial charge on any atom is -0.496 e. The number of rotatable bonds is 3. The van der Waals surface area contributed by atoms with Gasteiger partial charge in [0.2, 0.25) is 5.95 Å². The summed E-state index contributed by atoms with van der Waals surface area (Å²) in [6.07, 6.45) is 2.73. The zero-order valence-electron chi connectivity index (χ0n) is 10.9. The molecule has 0 radical (unpaired) electrons. The van der Waals surface area contributed by atoms with E-state index in [0.29, 0.717) is 5.95 Å². The van der Waals surface area contributed by atoms with Gasteiger partial charge in [-0.2, -0.15) is 0 Å². The van der Waals surface area contributed by atoms with E-state index in [2.05, 4.69) is 29.4 Å². The average molecular weight is 273 g/mol. The standard InChI is InChI=1S/C14H15N3OS/c1-3-9-6-10(4-5-12(9)18-2)11-8-19-13-7-16-14(15)17(11)13/h4-8H,3H2,1-2H3,(H2,15,16). The highest BCUT2D eigenvalue weighted by molar-refractivity contribution is 7.16. The number of hydrogen-bond acceptors (Lipinski definition) is 4. The van der Waals surface area contributed by atoms with Gasteiger partial charge in [0, 0.05) is 10.9 Å². The van der Waals surface area contributed by atoms with Crippen molar-refractivity contribution in [3.05, 3.63) is 35.3 Å². The Hall–Kier alpha value is -2.01. The van der Waals surface area contributed by atoms with Crippen LogP contribution in [0.4, 0.5) is 5.95 Å². The van der Waals surface area contributed by atoms with Crippen LogP contribution in [0.2, 0.25) is 0 Å². The average Bonchev–Trinajstić information content (AvgIpc) is 3.01. The number of imidazole rings is 1. The monoisotopic (exact) mass is 273 g/mol. The molecule has 19 heavy (non-hydrogen) atoms. The van der Waals surface area contributed by atoms with Gasteiger partial charge in [-0.05, 0) is 30.2 Å². The molecule has 2 aromatic heterocycles. The molecule has 0 amide bonds. The topological polar surface area (TPSA) is 52.5 Å². The van der Waals surface area contributed by atoms with Crippen molar-refractivity contribution < 1.29 is 4.74 Å². The fourth-order valence-corrected chi connectivity index (χ4v) is 3.14. The summed E-state index contributed by atoms with van der Waals surface area (Å²) in [5.74, 6) is 1.46. The zero-order chi connectivity index (χ0) is 13.4. The predicted molar refractivity (Wildman–Crippen MR) is 78.8 cm³/mol. The highest BCUT2D eigenvalue weighted by Gasteiger charge is 2.11. The van der Waals surface area contributed by atoms with E-state index in [0.717, 1.165) is 28.3 Å². The van der Waals surface area contributed by atoms with Crippen LogP contribution in [-0.2, 0) is 6.42 Å². The van der Waals surface area contributed by atoms with Crippen molar-refractivity contribution in [2.75, 3.05) is 12.8 Å². The minimum atomic E-state index is 0.528. The molecule has 5 heteroatoms. The first-order chi connectivity index (χ1) is 9.24. The van der Waals surface area contributed by atoms with E-state index < -0.39 is 0 Å². The summed E-state index contributed by atoms with van der Waals surface area (Å²) < 4.78 is 7.34. The molecule has 0 aliphatic heterocycles. The molecule has 0 aliphatic rings. The van der Waals surface area contributed by atoms with Crippen LogP contribution in [0.1, 0.15) is 12.5 Å². The SMILES string of the molecule is CCc1cc(-c2csc3cnc(N)n23)ccc1OC. The lowest BCUT2D eigenvalue weighted by atomic mass is 10.1. The Balaban J connectivity index is 2.18. The number of nitrogens with zero attached hydrogens (tertiary/aromatic N) is 2. The summed E-state index contributed by atoms with van der Waals surface area (Å²) in [5.41, 5.74) is 9.32. The summed E-state index contributed by atoms with van der Waals surface area (Å²) in [7, 11) is 1.70. The zero-order valence-corrected chi connectivity index (χ0v) is 11.7. The molecule has 0 aliphatic carbocycles. The van der Waals surface area contributed by atoms with E-state index in [-0.39, 0.29) is 0 Å². The van der Waals surface area contributed by atoms with E-state index >= 15 is 0 Å². The summed E-state index contributed by atoms with van der Waals surface area (Å²) >= 11 is 1.64. The summed E-state index contributed by atoms with van der Waals surface area (Å²) in [6.45, 7) is 2.12. The number of anilines is 1. The van der Waals surface area contributed by atoms with Gasteiger partial charge in [0.1, 0.15) is 10.6 Å². The maximum atomic E-state index is 5.92. The van der Waals surface area contributed by atoms with Gasteiger partial charge in [-0.1, -0.05) is 6.92 Å². The molecule has 98 valence electrons. The van der Waals surface area contributed by atoms with E-state index in [1.165, 1.54) is 5.56 Å². The molecule has 2 N–H and O–H groups in total. The molecule has 0 saturated carbocycles. The lowest BCUT2D eigenvalue weighted by Crippen LogP contribution is -1.96. The van der Waals surface area contributed by atoms with Gasteiger partial charge in [0.05, 0.1) is 19.0 Å². The van der Waals surface area contributed by atoms with E-state index in [4.69, 9.17) is 10.5 Å². The van der Waals surface area contributed by atoms with Gasteiger partial charge < -0.3 is 10.5 Å². The highest BCUT2D eigenvalue weighted by atomic mass is 32.1. The van der Waals surface area contributed by atoms with Crippen molar-refractivity contribution in [3.8, 4) is 17.0 Å². The van der Waals surface area contributed by atoms with Crippen LogP contribution in [0.15, 0.2) is 29.8 Å². The van der Waals surface area contributed by atoms with E-state index in [9.17, 15) is 0 Å². The van der Waals surface area contributed by atoms with Crippen molar-refractivity contribution >= 4 is 22.1 Å². The predicted octanol–water partition coefficient (Wildman–Crippen LogP) is 3.22. The Morgan fingerprint density at radius 1 is 1.42 bits per heavy atom. The Morgan fingerprint density at radius 3 is 3.00 bits per heavy atom. The van der Waals surface area contributed by atoms with Gasteiger partial charge in [0.15, 0.2) is 0 Å². The molecule has 3 rings (SSSR count). The highest BCUT2D eigenvalue weighted by Crippen LogP contribution is 2.31. The molecule has 0 spiro atoms. The smallest absolute Gasteiger partial charge is 0.206 e. The third-order valence-corrected chi connectivity index (χ3v) is 4.12. The maximum absolute atomic E-state index is 5.92. The van der Waals surface area contributed by atoms with Gasteiger partial charge in [-0.3, -0.25) is 4.40 Å². The number of ether oxygens (including phenoxy) is 1. The Kier molecular flexibility index (Phi) is 2.91. The van der Waals surface area contributed by atoms with Crippen LogP contribution in [0, 0.1) is 0 Å². The second-order valence-corrected chi connectivity index (χ2v) is 5.18. The number of benzene rings is 1. The number of fused-ring (bicyclic) bond motifs is 1. The van der Waals surface area contributed by atoms with Gasteiger partial charge in [0.25, 0.3) is 0 Å². The lowest BCUT2D eigenvalue weighted by Gasteiger charge is -2.09. The molecular weight excluding hydrogens is 258 g/mol. The third-order valence-electron chi connectivity index (χ3n) is 3.25. The van der Waals surface area contributed by atoms with Gasteiger partial charge in [-0.25, -0.2) is 4.98 Å². The molecular formula is C14H15N3OS. The first-order valence-corrected chi connectivity index (χ1v) is 7.00. The molecule has 0 saturated heterocycles. The molecule has 0 atom stereocenters. The molecule has 0 bridgehead atoms. The van der Waals surface area contributed by atoms with Crippen molar-refractivity contribution in [1.82, 2.24) is 9.38 Å². The van der Waals surface area contributed by atoms with Crippen molar-refractivity contribution in [2.24, 2.45) is 0 Å². The van der Waals surface area contributed by atoms with Crippen LogP contribution >= 0.6 is 11.3 Å². The Bertz CT molecular complexity index is 729. The molecule has 0 fully saturated rings. The first-order valence-electron chi connectivity index (χ1n) is 6.12. The van der Waals surface area contributed by atoms with Crippen molar-refractivity contribution in [2.45, 2.75) is 13.3 Å². The summed E-state index contributed by atoms with van der Waals surface area (Å²) in [5, 5.41) is 2.11. The number of methoxy groups -OCH3 is 1. The summed E-state index contributed by atoms with van der Waals surface area (Å²) in [6, 6.07) is 6.21. The third kappa shape index (κ3) is 1.86. The van der Waals surface area contributed by atoms with Crippen molar-refractivity contribution in [1.29, 1.82) is 0 Å². The van der Waals surface area contributed by atoms with Crippen LogP contribution in [-0.4, -0.2) is 16.5 Å². The van der Waals surface area contributed by atoms with E-state index in [1.807, 2.05) is 10.5 Å². The van der Waals surface area contributed by atoms with Gasteiger partial charge in [-0.15, -0.1) is 11.3 Å². The molecule has 3 aromatic rings. The second-order valence-electron chi connectivity index (χ2n) is 4.29. The molecule has 4 nitrogen and oxygen atoms in total. The number of nitrogens with two attached hydrogens (primary N) is 1. The number of aryl methyl sites for hydroxylation is 1. The number of hydrogen-bond donors (Lipinski definition) is 1. The quantitative estimate of drug-likeness (QED) is 0.797. The van der Waals surface area contributed by atoms with E-state index in [1.54, 1.807) is 24.6 Å². The van der Waals surface area contributed by atoms with Crippen molar-refractivity contribution in [3.63, 3.8) is 0 Å². The maximum Gasteiger partial charge on any atom is 0.206 e. The van der Waals surface area contributed by atoms with Crippen LogP contribution in [0.25, 0.3) is 16.1 Å². The Morgan fingerprint density at radius 2 is 2.26 bits per heavy atom. The van der Waals surface area contributed by atoms with Crippen LogP contribution < -0.4 is 10.5 Å². The minimum absolute atomic E-state index is 0.528. The number of nitrogen functional groups attached to an aromatic ring is 1.